The van der Waals surface area contributed by atoms with Gasteiger partial charge in [0.1, 0.15) is 0 Å². The van der Waals surface area contributed by atoms with Crippen molar-refractivity contribution in [1.29, 1.82) is 0 Å². The molecule has 1 aliphatic heterocycles. The molecule has 0 aliphatic carbocycles. The molecule has 0 atom stereocenters. The summed E-state index contributed by atoms with van der Waals surface area (Å²) >= 11 is -2.52. The van der Waals surface area contributed by atoms with Gasteiger partial charge in [0.2, 0.25) is 0 Å². The van der Waals surface area contributed by atoms with Crippen LogP contribution in [0.5, 0.6) is 0 Å². The molecule has 0 radical (unpaired) electrons. The van der Waals surface area contributed by atoms with Gasteiger partial charge in [0.15, 0.2) is 0 Å². The van der Waals surface area contributed by atoms with Gasteiger partial charge in [-0.2, -0.15) is 0 Å². The number of carbonyl (C=O) groups excluding carboxylic acids is 1. The second-order valence-corrected chi connectivity index (χ2v) is 10.2. The quantitative estimate of drug-likeness (QED) is 0.234. The molecule has 0 saturated carbocycles. The first kappa shape index (κ1) is 18.8. The predicted octanol–water partition coefficient (Wildman–Crippen LogP) is 6.57. The molecule has 5 rings (SSSR count). The van der Waals surface area contributed by atoms with E-state index in [2.05, 4.69) is 36.4 Å². The Kier molecular flexibility index (Phi) is 5.15. The van der Waals surface area contributed by atoms with Gasteiger partial charge in [0.05, 0.1) is 0 Å². The van der Waals surface area contributed by atoms with E-state index in [4.69, 9.17) is 6.27 Å². The molecule has 0 bridgehead atoms. The monoisotopic (exact) mass is 503 g/mol. The second-order valence-electron chi connectivity index (χ2n) is 6.79. The van der Waals surface area contributed by atoms with Gasteiger partial charge in [0, 0.05) is 0 Å². The van der Waals surface area contributed by atoms with Gasteiger partial charge in [-0.1, -0.05) is 0 Å². The first-order valence-electron chi connectivity index (χ1n) is 9.62. The number of carbonyl (C=O) groups is 1. The van der Waals surface area contributed by atoms with Crippen LogP contribution < -0.4 is 0 Å². The van der Waals surface area contributed by atoms with Crippen molar-refractivity contribution >= 4 is 32.2 Å². The molecule has 0 saturated heterocycles. The van der Waals surface area contributed by atoms with Crippen LogP contribution in [0.25, 0.3) is 11.1 Å². The Morgan fingerprint density at radius 1 is 0.667 bits per heavy atom. The van der Waals surface area contributed by atoms with Crippen molar-refractivity contribution in [2.75, 3.05) is 0 Å². The maximum absolute atomic E-state index is 12.4. The average Bonchev–Trinajstić information content (AvgIpc) is 3.14. The van der Waals surface area contributed by atoms with Gasteiger partial charge in [-0.25, -0.2) is 0 Å². The SMILES string of the molecule is O=C1OI(/N=C(\c2ccccc2)c2ccccc2-c2ccccc2)c2ccccc21. The Balaban J connectivity index is 1.70. The van der Waals surface area contributed by atoms with Crippen LogP contribution in [0, 0.1) is 3.57 Å². The molecule has 0 N–H and O–H groups in total. The Morgan fingerprint density at radius 3 is 2.03 bits per heavy atom. The van der Waals surface area contributed by atoms with E-state index in [9.17, 15) is 4.79 Å². The standard InChI is InChI=1S/C26H18INO2/c29-26-23-17-9-10-18-24(23)27(30-26)28-25(20-13-5-2-6-14-20)22-16-8-7-15-21(22)19-11-3-1-4-12-19/h1-18H/b28-25+. The molecule has 4 aromatic carbocycles. The zero-order chi connectivity index (χ0) is 20.3. The molecule has 1 heterocycles. The average molecular weight is 503 g/mol. The van der Waals surface area contributed by atoms with Crippen molar-refractivity contribution in [1.82, 2.24) is 0 Å². The summed E-state index contributed by atoms with van der Waals surface area (Å²) < 4.78 is 11.9. The number of halogens is 1. The molecule has 0 fully saturated rings. The molecular formula is C26H18INO2. The van der Waals surface area contributed by atoms with Crippen molar-refractivity contribution in [3.63, 3.8) is 0 Å². The van der Waals surface area contributed by atoms with Gasteiger partial charge in [-0.15, -0.1) is 0 Å². The number of hydrogen-bond donors (Lipinski definition) is 0. The van der Waals surface area contributed by atoms with Crippen LogP contribution in [0.1, 0.15) is 21.5 Å². The number of benzene rings is 4. The molecule has 30 heavy (non-hydrogen) atoms. The first-order valence-corrected chi connectivity index (χ1v) is 12.5. The normalized spacial score (nSPS) is 14.3. The van der Waals surface area contributed by atoms with Crippen molar-refractivity contribution in [3.8, 4) is 11.1 Å². The molecule has 0 amide bonds. The van der Waals surface area contributed by atoms with Crippen LogP contribution in [-0.2, 0) is 3.07 Å². The van der Waals surface area contributed by atoms with Crippen LogP contribution in [-0.4, -0.2) is 11.7 Å². The van der Waals surface area contributed by atoms with Gasteiger partial charge in [-0.05, 0) is 0 Å². The van der Waals surface area contributed by atoms with E-state index in [0.717, 1.165) is 31.5 Å². The third kappa shape index (κ3) is 3.55. The molecule has 0 aromatic heterocycles. The molecular weight excluding hydrogens is 485 g/mol. The third-order valence-corrected chi connectivity index (χ3v) is 8.56. The van der Waals surface area contributed by atoms with Gasteiger partial charge >= 0.3 is 184 Å². The predicted molar refractivity (Wildman–Crippen MR) is 129 cm³/mol. The molecule has 0 unspecified atom stereocenters. The zero-order valence-corrected chi connectivity index (χ0v) is 18.2. The Labute approximate surface area is 183 Å². The number of fused-ring (bicyclic) bond motifs is 1. The summed E-state index contributed by atoms with van der Waals surface area (Å²) in [5.74, 6) is -0.261. The Hall–Kier alpha value is -3.25. The van der Waals surface area contributed by atoms with E-state index < -0.39 is 20.5 Å². The van der Waals surface area contributed by atoms with Crippen molar-refractivity contribution in [2.45, 2.75) is 0 Å². The molecule has 146 valence electrons. The van der Waals surface area contributed by atoms with E-state index in [-0.39, 0.29) is 5.97 Å². The topological polar surface area (TPSA) is 38.7 Å². The van der Waals surface area contributed by atoms with Crippen LogP contribution >= 0.6 is 20.5 Å². The summed E-state index contributed by atoms with van der Waals surface area (Å²) in [6, 6.07) is 36.3. The van der Waals surface area contributed by atoms with Crippen LogP contribution in [0.2, 0.25) is 0 Å². The molecule has 3 nitrogen and oxygen atoms in total. The van der Waals surface area contributed by atoms with Gasteiger partial charge in [-0.3, -0.25) is 0 Å². The van der Waals surface area contributed by atoms with E-state index >= 15 is 0 Å². The fraction of sp³-hybridized carbons (Fsp3) is 0. The minimum atomic E-state index is -2.52. The van der Waals surface area contributed by atoms with Crippen molar-refractivity contribution < 1.29 is 7.86 Å². The number of rotatable bonds is 4. The first-order chi connectivity index (χ1) is 14.8. The molecule has 4 heteroatoms. The van der Waals surface area contributed by atoms with E-state index in [1.165, 1.54) is 0 Å². The number of hydrogen-bond acceptors (Lipinski definition) is 3. The maximum atomic E-state index is 12.4. The fourth-order valence-electron chi connectivity index (χ4n) is 3.46. The van der Waals surface area contributed by atoms with E-state index in [0.29, 0.717) is 5.56 Å². The number of nitrogens with zero attached hydrogens (tertiary/aromatic N) is 1. The minimum absolute atomic E-state index is 0.261. The van der Waals surface area contributed by atoms with Crippen LogP contribution in [0.3, 0.4) is 0 Å². The summed E-state index contributed by atoms with van der Waals surface area (Å²) in [6.07, 6.45) is 0. The summed E-state index contributed by atoms with van der Waals surface area (Å²) in [5, 5.41) is 0. The summed E-state index contributed by atoms with van der Waals surface area (Å²) in [6.45, 7) is 0. The Bertz CT molecular complexity index is 1240. The summed E-state index contributed by atoms with van der Waals surface area (Å²) in [4.78, 5) is 12.4. The second kappa shape index (κ2) is 8.24. The summed E-state index contributed by atoms with van der Waals surface area (Å²) in [7, 11) is 0. The Morgan fingerprint density at radius 2 is 1.27 bits per heavy atom. The van der Waals surface area contributed by atoms with Crippen LogP contribution in [0.15, 0.2) is 112 Å². The van der Waals surface area contributed by atoms with Gasteiger partial charge < -0.3 is 0 Å². The summed E-state index contributed by atoms with van der Waals surface area (Å²) in [5.41, 5.74) is 5.80. The molecule has 4 aromatic rings. The zero-order valence-electron chi connectivity index (χ0n) is 16.0. The van der Waals surface area contributed by atoms with E-state index in [1.54, 1.807) is 0 Å². The van der Waals surface area contributed by atoms with E-state index in [1.807, 2.05) is 72.8 Å². The van der Waals surface area contributed by atoms with Crippen molar-refractivity contribution in [2.24, 2.45) is 3.21 Å². The van der Waals surface area contributed by atoms with Gasteiger partial charge in [0.25, 0.3) is 0 Å². The molecule has 0 spiro atoms. The third-order valence-electron chi connectivity index (χ3n) is 4.89. The fourth-order valence-corrected chi connectivity index (χ4v) is 7.06. The molecule has 1 aliphatic rings. The van der Waals surface area contributed by atoms with Crippen molar-refractivity contribution in [3.05, 3.63) is 129 Å². The van der Waals surface area contributed by atoms with Crippen LogP contribution in [0.4, 0.5) is 0 Å².